The Morgan fingerprint density at radius 2 is 1.96 bits per heavy atom. The fourth-order valence-corrected chi connectivity index (χ4v) is 3.24. The number of para-hydroxylation sites is 1. The number of benzene rings is 2. The number of amidine groups is 1. The molecule has 9 heteroatoms. The number of nitrogens with two attached hydrogens (primary N) is 2. The summed E-state index contributed by atoms with van der Waals surface area (Å²) in [6.07, 6.45) is 0. The zero-order chi connectivity index (χ0) is 17.3. The van der Waals surface area contributed by atoms with Gasteiger partial charge in [-0.25, -0.2) is 0 Å². The average Bonchev–Trinajstić information content (AvgIpc) is 2.87. The van der Waals surface area contributed by atoms with Crippen LogP contribution in [0.5, 0.6) is 5.75 Å². The summed E-state index contributed by atoms with van der Waals surface area (Å²) < 4.78 is 1.75. The second-order valence-corrected chi connectivity index (χ2v) is 6.16. The molecule has 130 valence electrons. The molecule has 0 saturated heterocycles. The number of phenols is 1. The lowest BCUT2D eigenvalue weighted by molar-refractivity contribution is -0.383. The van der Waals surface area contributed by atoms with Gasteiger partial charge in [0.2, 0.25) is 0 Å². The predicted octanol–water partition coefficient (Wildman–Crippen LogP) is -1.44. The third-order valence-corrected chi connectivity index (χ3v) is 4.34. The summed E-state index contributed by atoms with van der Waals surface area (Å²) in [5, 5.41) is 27.6. The Bertz CT molecular complexity index is 943. The van der Waals surface area contributed by atoms with Crippen LogP contribution in [0.15, 0.2) is 48.5 Å². The van der Waals surface area contributed by atoms with Crippen LogP contribution in [-0.4, -0.2) is 19.8 Å². The van der Waals surface area contributed by atoms with Crippen LogP contribution in [0.4, 0.5) is 5.69 Å². The van der Waals surface area contributed by atoms with Gasteiger partial charge in [0.05, 0.1) is 21.6 Å². The summed E-state index contributed by atoms with van der Waals surface area (Å²) in [7, 11) is 0. The number of phenolic OH excluding ortho intramolecular Hbond substituents is 1. The Labute approximate surface area is 157 Å². The van der Waals surface area contributed by atoms with Gasteiger partial charge in [0.1, 0.15) is 11.4 Å². The van der Waals surface area contributed by atoms with Crippen molar-refractivity contribution in [1.82, 2.24) is 4.57 Å². The van der Waals surface area contributed by atoms with Crippen LogP contribution in [-0.2, 0) is 5.75 Å². The van der Waals surface area contributed by atoms with Crippen molar-refractivity contribution in [3.63, 3.8) is 0 Å². The van der Waals surface area contributed by atoms with E-state index >= 15 is 0 Å². The molecule has 3 rings (SSSR count). The first-order valence-electron chi connectivity index (χ1n) is 7.06. The lowest BCUT2D eigenvalue weighted by Gasteiger charge is -2.09. The summed E-state index contributed by atoms with van der Waals surface area (Å²) in [6.45, 7) is 0. The summed E-state index contributed by atoms with van der Waals surface area (Å²) in [5.41, 5.74) is 7.28. The number of aromatic hydroxyl groups is 1. The molecule has 0 aliphatic heterocycles. The highest BCUT2D eigenvalue weighted by atomic mass is 79.9. The third-order valence-electron chi connectivity index (χ3n) is 3.59. The maximum atomic E-state index is 11.7. The quantitative estimate of drug-likeness (QED) is 0.205. The number of hydrogen-bond donors (Lipinski definition) is 3. The number of nitrogens with zero attached hydrogens (tertiary/aromatic N) is 2. The van der Waals surface area contributed by atoms with Crippen molar-refractivity contribution in [2.75, 3.05) is 0 Å². The molecule has 1 heterocycles. The minimum absolute atomic E-state index is 0. The molecule has 5 N–H and O–H groups in total. The molecule has 0 spiro atoms. The van der Waals surface area contributed by atoms with Crippen LogP contribution in [0.3, 0.4) is 0 Å². The highest BCUT2D eigenvalue weighted by Gasteiger charge is 2.27. The molecule has 25 heavy (non-hydrogen) atoms. The predicted molar refractivity (Wildman–Crippen MR) is 94.0 cm³/mol. The second-order valence-electron chi connectivity index (χ2n) is 5.12. The molecule has 0 bridgehead atoms. The van der Waals surface area contributed by atoms with E-state index in [0.717, 1.165) is 17.4 Å². The molecule has 0 saturated carbocycles. The Kier molecular flexibility index (Phi) is 5.70. The number of halogens is 1. The van der Waals surface area contributed by atoms with Gasteiger partial charge < -0.3 is 26.7 Å². The fourth-order valence-electron chi connectivity index (χ4n) is 2.67. The normalized spacial score (nSPS) is 10.4. The van der Waals surface area contributed by atoms with E-state index in [2.05, 4.69) is 0 Å². The molecule has 0 unspecified atom stereocenters. The number of rotatable bonds is 4. The van der Waals surface area contributed by atoms with Gasteiger partial charge in [-0.3, -0.25) is 21.3 Å². The van der Waals surface area contributed by atoms with Gasteiger partial charge in [-0.1, -0.05) is 18.2 Å². The summed E-state index contributed by atoms with van der Waals surface area (Å²) in [4.78, 5) is 11.2. The standard InChI is InChI=1S/C16H14N4O3S.BrH/c17-16(18)24-9-14-15(20(22)23)12-7-6-11(21)8-13(12)19(14)10-4-2-1-3-5-10;/h1-8,21H,9H2,(H3,17,18);1H. The highest BCUT2D eigenvalue weighted by Crippen LogP contribution is 2.38. The first kappa shape index (κ1) is 18.8. The molecule has 0 fully saturated rings. The van der Waals surface area contributed by atoms with Crippen molar-refractivity contribution < 1.29 is 32.4 Å². The van der Waals surface area contributed by atoms with Crippen LogP contribution in [0, 0.1) is 10.1 Å². The molecule has 0 aliphatic rings. The van der Waals surface area contributed by atoms with Gasteiger partial charge in [0.15, 0.2) is 0 Å². The summed E-state index contributed by atoms with van der Waals surface area (Å²) in [5.74, 6) is 0.277. The molecule has 0 aliphatic carbocycles. The molecule has 0 radical (unpaired) electrons. The van der Waals surface area contributed by atoms with Crippen molar-refractivity contribution in [3.05, 3.63) is 64.3 Å². The Morgan fingerprint density at radius 1 is 1.28 bits per heavy atom. The minimum Gasteiger partial charge on any atom is -1.00 e. The first-order valence-corrected chi connectivity index (χ1v) is 8.04. The molecular formula is C16H15BrN4O3S. The van der Waals surface area contributed by atoms with Gasteiger partial charge in [-0.15, -0.1) is 0 Å². The smallest absolute Gasteiger partial charge is 0.300 e. The second kappa shape index (κ2) is 7.58. The minimum atomic E-state index is -0.415. The van der Waals surface area contributed by atoms with Gasteiger partial charge in [-0.05, 0) is 36.0 Å². The Hall–Kier alpha value is -2.52. The Balaban J connectivity index is 0.00000225. The summed E-state index contributed by atoms with van der Waals surface area (Å²) in [6, 6.07) is 13.7. The van der Waals surface area contributed by atoms with E-state index in [4.69, 9.17) is 11.1 Å². The maximum Gasteiger partial charge on any atom is 0.300 e. The van der Waals surface area contributed by atoms with E-state index in [-0.39, 0.29) is 39.3 Å². The van der Waals surface area contributed by atoms with Crippen molar-refractivity contribution >= 4 is 33.5 Å². The van der Waals surface area contributed by atoms with Gasteiger partial charge in [0.25, 0.3) is 10.9 Å². The molecule has 3 aromatic rings. The molecule has 2 aromatic carbocycles. The third kappa shape index (κ3) is 3.62. The van der Waals surface area contributed by atoms with Crippen molar-refractivity contribution in [1.29, 1.82) is 0 Å². The van der Waals surface area contributed by atoms with E-state index in [1.165, 1.54) is 12.1 Å². The average molecular weight is 423 g/mol. The number of fused-ring (bicyclic) bond motifs is 1. The number of nitro groups is 1. The monoisotopic (exact) mass is 422 g/mol. The van der Waals surface area contributed by atoms with E-state index in [1.807, 2.05) is 30.3 Å². The van der Waals surface area contributed by atoms with E-state index in [0.29, 0.717) is 16.6 Å². The maximum absolute atomic E-state index is 11.7. The van der Waals surface area contributed by atoms with Crippen LogP contribution in [0.1, 0.15) is 5.69 Å². The van der Waals surface area contributed by atoms with Gasteiger partial charge in [-0.2, -0.15) is 0 Å². The lowest BCUT2D eigenvalue weighted by Crippen LogP contribution is -3.00. The first-order chi connectivity index (χ1) is 11.5. The molecular weight excluding hydrogens is 408 g/mol. The van der Waals surface area contributed by atoms with E-state index in [1.54, 1.807) is 10.6 Å². The largest absolute Gasteiger partial charge is 1.00 e. The van der Waals surface area contributed by atoms with Crippen LogP contribution in [0.2, 0.25) is 0 Å². The number of aromatic nitrogens is 1. The number of hydrogen-bond acceptors (Lipinski definition) is 4. The van der Waals surface area contributed by atoms with Crippen LogP contribution < -0.4 is 28.1 Å². The van der Waals surface area contributed by atoms with Crippen molar-refractivity contribution in [2.24, 2.45) is 5.73 Å². The van der Waals surface area contributed by atoms with Crippen LogP contribution >= 0.6 is 11.8 Å². The SMILES string of the molecule is NC(=[NH2+])SCc1c([N+](=O)[O-])c2ccc(O)cc2n1-c1ccccc1.[Br-]. The van der Waals surface area contributed by atoms with E-state index in [9.17, 15) is 15.2 Å². The van der Waals surface area contributed by atoms with Crippen molar-refractivity contribution in [3.8, 4) is 11.4 Å². The van der Waals surface area contributed by atoms with Gasteiger partial charge >= 0.3 is 0 Å². The topological polar surface area (TPSA) is 120 Å². The molecule has 7 nitrogen and oxygen atoms in total. The highest BCUT2D eigenvalue weighted by molar-refractivity contribution is 8.12. The lowest BCUT2D eigenvalue weighted by atomic mass is 10.2. The van der Waals surface area contributed by atoms with Gasteiger partial charge in [0, 0.05) is 11.8 Å². The number of thioether (sulfide) groups is 1. The molecule has 0 atom stereocenters. The van der Waals surface area contributed by atoms with Crippen molar-refractivity contribution in [2.45, 2.75) is 5.75 Å². The Morgan fingerprint density at radius 3 is 2.56 bits per heavy atom. The van der Waals surface area contributed by atoms with Crippen LogP contribution in [0.25, 0.3) is 16.6 Å². The fraction of sp³-hybridized carbons (Fsp3) is 0.0625. The zero-order valence-electron chi connectivity index (χ0n) is 12.9. The summed E-state index contributed by atoms with van der Waals surface area (Å²) >= 11 is 1.13. The zero-order valence-corrected chi connectivity index (χ0v) is 15.3. The molecule has 0 amide bonds. The van der Waals surface area contributed by atoms with E-state index < -0.39 is 4.92 Å². The molecule has 1 aromatic heterocycles.